The zero-order chi connectivity index (χ0) is 16.7. The van der Waals surface area contributed by atoms with Crippen molar-refractivity contribution in [3.8, 4) is 0 Å². The van der Waals surface area contributed by atoms with Crippen molar-refractivity contribution < 1.29 is 9.32 Å². The maximum Gasteiger partial charge on any atom is 0.256 e. The average molecular weight is 316 g/mol. The molecule has 0 spiro atoms. The van der Waals surface area contributed by atoms with Crippen molar-refractivity contribution >= 4 is 5.91 Å². The van der Waals surface area contributed by atoms with Crippen molar-refractivity contribution in [3.05, 3.63) is 34.7 Å². The third kappa shape index (κ3) is 2.66. The lowest BCUT2D eigenvalue weighted by molar-refractivity contribution is 0.0727. The molecular weight excluding hydrogens is 292 g/mol. The molecule has 0 bridgehead atoms. The highest BCUT2D eigenvalue weighted by Crippen LogP contribution is 2.33. The van der Waals surface area contributed by atoms with Gasteiger partial charge in [-0.15, -0.1) is 0 Å². The van der Waals surface area contributed by atoms with Crippen LogP contribution in [0.3, 0.4) is 0 Å². The van der Waals surface area contributed by atoms with Crippen LogP contribution in [0.25, 0.3) is 0 Å². The van der Waals surface area contributed by atoms with E-state index in [0.29, 0.717) is 17.8 Å². The van der Waals surface area contributed by atoms with E-state index in [0.717, 1.165) is 36.3 Å². The minimum absolute atomic E-state index is 0.0648. The van der Waals surface area contributed by atoms with Gasteiger partial charge in [0.15, 0.2) is 5.82 Å². The van der Waals surface area contributed by atoms with Crippen LogP contribution in [0.1, 0.15) is 72.2 Å². The number of amides is 1. The Morgan fingerprint density at radius 2 is 2.09 bits per heavy atom. The van der Waals surface area contributed by atoms with Crippen LogP contribution in [0.4, 0.5) is 0 Å². The number of hydrogen-bond donors (Lipinski definition) is 0. The first-order valence-corrected chi connectivity index (χ1v) is 8.19. The third-order valence-electron chi connectivity index (χ3n) is 4.59. The lowest BCUT2D eigenvalue weighted by Crippen LogP contribution is -2.31. The summed E-state index contributed by atoms with van der Waals surface area (Å²) in [6.45, 7) is 10.8. The molecule has 1 fully saturated rings. The summed E-state index contributed by atoms with van der Waals surface area (Å²) in [6, 6.07) is 2.25. The van der Waals surface area contributed by atoms with Crippen LogP contribution < -0.4 is 0 Å². The van der Waals surface area contributed by atoms with Crippen molar-refractivity contribution in [2.45, 2.75) is 59.5 Å². The molecule has 0 unspecified atom stereocenters. The van der Waals surface area contributed by atoms with Crippen molar-refractivity contribution in [2.24, 2.45) is 0 Å². The fraction of sp³-hybridized carbons (Fsp3) is 0.588. The first kappa shape index (κ1) is 15.8. The first-order chi connectivity index (χ1) is 10.9. The normalized spacial score (nSPS) is 18.2. The Morgan fingerprint density at radius 1 is 1.35 bits per heavy atom. The van der Waals surface area contributed by atoms with Gasteiger partial charge in [-0.25, -0.2) is 0 Å². The van der Waals surface area contributed by atoms with Crippen molar-refractivity contribution in [1.82, 2.24) is 19.6 Å². The number of rotatable bonds is 3. The molecule has 2 aromatic heterocycles. The molecule has 0 aliphatic carbocycles. The standard InChI is InChI=1S/C17H24N4O2/c1-10(2)21-11(3)9-14(12(21)4)17(22)20-8-6-7-15(20)16-18-13(5)23-19-16/h9-10,15H,6-8H2,1-5H3/t15-/m0/s1. The number of likely N-dealkylation sites (tertiary alicyclic amines) is 1. The van der Waals surface area contributed by atoms with Gasteiger partial charge < -0.3 is 14.0 Å². The van der Waals surface area contributed by atoms with Gasteiger partial charge in [0.05, 0.1) is 11.6 Å². The van der Waals surface area contributed by atoms with Crippen LogP contribution in [0.5, 0.6) is 0 Å². The number of nitrogens with zero attached hydrogens (tertiary/aromatic N) is 4. The Labute approximate surface area is 136 Å². The molecular formula is C17H24N4O2. The maximum absolute atomic E-state index is 13.1. The molecule has 0 N–H and O–H groups in total. The van der Waals surface area contributed by atoms with Crippen molar-refractivity contribution in [1.29, 1.82) is 0 Å². The van der Waals surface area contributed by atoms with Crippen LogP contribution in [-0.2, 0) is 0 Å². The molecule has 0 saturated carbocycles. The fourth-order valence-corrected chi connectivity index (χ4v) is 3.67. The highest BCUT2D eigenvalue weighted by Gasteiger charge is 2.35. The van der Waals surface area contributed by atoms with Crippen LogP contribution in [-0.4, -0.2) is 32.1 Å². The molecule has 3 heterocycles. The third-order valence-corrected chi connectivity index (χ3v) is 4.59. The maximum atomic E-state index is 13.1. The van der Waals surface area contributed by atoms with E-state index in [1.54, 1.807) is 6.92 Å². The highest BCUT2D eigenvalue weighted by atomic mass is 16.5. The number of hydrogen-bond acceptors (Lipinski definition) is 4. The van der Waals surface area contributed by atoms with E-state index in [9.17, 15) is 4.79 Å². The van der Waals surface area contributed by atoms with E-state index >= 15 is 0 Å². The average Bonchev–Trinajstić information content (AvgIpc) is 3.16. The zero-order valence-electron chi connectivity index (χ0n) is 14.5. The SMILES string of the molecule is Cc1nc([C@@H]2CCCN2C(=O)c2cc(C)n(C(C)C)c2C)no1. The van der Waals surface area contributed by atoms with Gasteiger partial charge in [0.1, 0.15) is 0 Å². The van der Waals surface area contributed by atoms with Crippen molar-refractivity contribution in [2.75, 3.05) is 6.54 Å². The molecule has 0 radical (unpaired) electrons. The fourth-order valence-electron chi connectivity index (χ4n) is 3.67. The van der Waals surface area contributed by atoms with Gasteiger partial charge >= 0.3 is 0 Å². The van der Waals surface area contributed by atoms with Gasteiger partial charge in [0, 0.05) is 30.9 Å². The molecule has 1 aliphatic heterocycles. The molecule has 23 heavy (non-hydrogen) atoms. The minimum atomic E-state index is -0.0814. The molecule has 2 aromatic rings. The summed E-state index contributed by atoms with van der Waals surface area (Å²) in [4.78, 5) is 19.3. The van der Waals surface area contributed by atoms with E-state index in [2.05, 4.69) is 28.6 Å². The number of carbonyl (C=O) groups is 1. The Kier molecular flexibility index (Phi) is 4.00. The van der Waals surface area contributed by atoms with E-state index in [1.165, 1.54) is 0 Å². The summed E-state index contributed by atoms with van der Waals surface area (Å²) >= 11 is 0. The van der Waals surface area contributed by atoms with Crippen LogP contribution in [0, 0.1) is 20.8 Å². The quantitative estimate of drug-likeness (QED) is 0.871. The second kappa shape index (κ2) is 5.83. The molecule has 1 amide bonds. The van der Waals surface area contributed by atoms with Gasteiger partial charge in [-0.05, 0) is 46.6 Å². The van der Waals surface area contributed by atoms with Gasteiger partial charge in [-0.1, -0.05) is 5.16 Å². The molecule has 1 atom stereocenters. The zero-order valence-corrected chi connectivity index (χ0v) is 14.5. The summed E-state index contributed by atoms with van der Waals surface area (Å²) < 4.78 is 7.29. The first-order valence-electron chi connectivity index (χ1n) is 8.19. The van der Waals surface area contributed by atoms with Gasteiger partial charge in [-0.3, -0.25) is 4.79 Å². The second-order valence-electron chi connectivity index (χ2n) is 6.58. The summed E-state index contributed by atoms with van der Waals surface area (Å²) in [5, 5.41) is 4.01. The number of carbonyl (C=O) groups excluding carboxylic acids is 1. The second-order valence-corrected chi connectivity index (χ2v) is 6.58. The van der Waals surface area contributed by atoms with Crippen molar-refractivity contribution in [3.63, 3.8) is 0 Å². The smallest absolute Gasteiger partial charge is 0.256 e. The Bertz CT molecular complexity index is 729. The Morgan fingerprint density at radius 3 is 2.65 bits per heavy atom. The van der Waals surface area contributed by atoms with E-state index in [4.69, 9.17) is 4.52 Å². The van der Waals surface area contributed by atoms with Crippen LogP contribution in [0.15, 0.2) is 10.6 Å². The van der Waals surface area contributed by atoms with Gasteiger partial charge in [-0.2, -0.15) is 4.98 Å². The summed E-state index contributed by atoms with van der Waals surface area (Å²) in [7, 11) is 0. The van der Waals surface area contributed by atoms with Gasteiger partial charge in [0.2, 0.25) is 5.89 Å². The largest absolute Gasteiger partial charge is 0.346 e. The molecule has 6 nitrogen and oxygen atoms in total. The summed E-state index contributed by atoms with van der Waals surface area (Å²) in [5.41, 5.74) is 2.92. The Balaban J connectivity index is 1.92. The van der Waals surface area contributed by atoms with Crippen LogP contribution in [0.2, 0.25) is 0 Å². The van der Waals surface area contributed by atoms with Gasteiger partial charge in [0.25, 0.3) is 5.91 Å². The molecule has 3 rings (SSSR count). The van der Waals surface area contributed by atoms with E-state index in [-0.39, 0.29) is 11.9 Å². The van der Waals surface area contributed by atoms with Crippen LogP contribution >= 0.6 is 0 Å². The molecule has 124 valence electrons. The molecule has 6 heteroatoms. The van der Waals surface area contributed by atoms with E-state index < -0.39 is 0 Å². The monoisotopic (exact) mass is 316 g/mol. The topological polar surface area (TPSA) is 64.2 Å². The highest BCUT2D eigenvalue weighted by molar-refractivity contribution is 5.96. The lowest BCUT2D eigenvalue weighted by atomic mass is 10.1. The van der Waals surface area contributed by atoms with E-state index in [1.807, 2.05) is 24.8 Å². The molecule has 0 aromatic carbocycles. The summed E-state index contributed by atoms with van der Waals surface area (Å²) in [6.07, 6.45) is 1.85. The minimum Gasteiger partial charge on any atom is -0.346 e. The predicted molar refractivity (Wildman–Crippen MR) is 86.3 cm³/mol. The lowest BCUT2D eigenvalue weighted by Gasteiger charge is -2.22. The number of aryl methyl sites for hydroxylation is 2. The number of aromatic nitrogens is 3. The predicted octanol–water partition coefficient (Wildman–Crippen LogP) is 3.35. The Hall–Kier alpha value is -2.11. The summed E-state index contributed by atoms with van der Waals surface area (Å²) in [5.74, 6) is 1.22. The molecule has 1 saturated heterocycles. The molecule has 1 aliphatic rings.